The standard InChI is InChI=1S/C22H23FN2O3S/c1-15(2)3-12-20-21(17-6-4-16(5-7-17)14-29(27)28)13-24-25(22(20)26)19-10-8-18(23)9-11-19/h4-11,13,15H,3,12,14H2,1-2H3,(H,27,28)/p-1. The summed E-state index contributed by atoms with van der Waals surface area (Å²) >= 11 is -2.15. The van der Waals surface area contributed by atoms with Crippen LogP contribution >= 0.6 is 0 Å². The molecule has 0 amide bonds. The summed E-state index contributed by atoms with van der Waals surface area (Å²) in [5, 5.41) is 4.30. The zero-order valence-electron chi connectivity index (χ0n) is 16.3. The minimum Gasteiger partial charge on any atom is -0.772 e. The number of nitrogens with zero attached hydrogens (tertiary/aromatic N) is 2. The summed E-state index contributed by atoms with van der Waals surface area (Å²) in [4.78, 5) is 13.2. The van der Waals surface area contributed by atoms with Crippen molar-refractivity contribution in [1.29, 1.82) is 0 Å². The SMILES string of the molecule is CC(C)CCc1c(-c2ccc(CS(=O)[O-])cc2)cnn(-c2ccc(F)cc2)c1=O. The predicted molar refractivity (Wildman–Crippen MR) is 111 cm³/mol. The maximum absolute atomic E-state index is 13.2. The molecule has 0 saturated heterocycles. The van der Waals surface area contributed by atoms with E-state index in [4.69, 9.17) is 0 Å². The second-order valence-electron chi connectivity index (χ2n) is 7.31. The first-order valence-electron chi connectivity index (χ1n) is 9.37. The van der Waals surface area contributed by atoms with E-state index in [-0.39, 0.29) is 17.1 Å². The third-order valence-electron chi connectivity index (χ3n) is 4.67. The molecule has 0 radical (unpaired) electrons. The molecule has 1 atom stereocenters. The Morgan fingerprint density at radius 2 is 1.76 bits per heavy atom. The Morgan fingerprint density at radius 3 is 2.34 bits per heavy atom. The molecule has 3 rings (SSSR count). The van der Waals surface area contributed by atoms with Gasteiger partial charge in [-0.1, -0.05) is 49.2 Å². The Labute approximate surface area is 171 Å². The number of aromatic nitrogens is 2. The van der Waals surface area contributed by atoms with Crippen molar-refractivity contribution in [3.8, 4) is 16.8 Å². The highest BCUT2D eigenvalue weighted by Crippen LogP contribution is 2.24. The van der Waals surface area contributed by atoms with E-state index < -0.39 is 11.1 Å². The lowest BCUT2D eigenvalue weighted by molar-refractivity contribution is 0.536. The van der Waals surface area contributed by atoms with E-state index in [2.05, 4.69) is 18.9 Å². The Bertz CT molecular complexity index is 1060. The van der Waals surface area contributed by atoms with E-state index in [0.717, 1.165) is 17.5 Å². The van der Waals surface area contributed by atoms with Crippen LogP contribution in [0.3, 0.4) is 0 Å². The maximum atomic E-state index is 13.2. The highest BCUT2D eigenvalue weighted by atomic mass is 32.2. The fourth-order valence-electron chi connectivity index (χ4n) is 3.10. The van der Waals surface area contributed by atoms with Crippen molar-refractivity contribution in [3.63, 3.8) is 0 Å². The number of rotatable bonds is 7. The Kier molecular flexibility index (Phi) is 6.71. The molecule has 5 nitrogen and oxygen atoms in total. The summed E-state index contributed by atoms with van der Waals surface area (Å²) in [5.74, 6) is -0.00751. The van der Waals surface area contributed by atoms with Crippen molar-refractivity contribution in [1.82, 2.24) is 9.78 Å². The summed E-state index contributed by atoms with van der Waals surface area (Å²) in [6.45, 7) is 4.19. The smallest absolute Gasteiger partial charge is 0.275 e. The van der Waals surface area contributed by atoms with Crippen LogP contribution in [-0.2, 0) is 23.3 Å². The predicted octanol–water partition coefficient (Wildman–Crippen LogP) is 4.01. The van der Waals surface area contributed by atoms with Crippen LogP contribution in [0.4, 0.5) is 4.39 Å². The second kappa shape index (κ2) is 9.24. The van der Waals surface area contributed by atoms with Gasteiger partial charge in [0.15, 0.2) is 0 Å². The van der Waals surface area contributed by atoms with Crippen LogP contribution in [0.2, 0.25) is 0 Å². The molecule has 1 unspecified atom stereocenters. The fourth-order valence-corrected chi connectivity index (χ4v) is 3.56. The maximum Gasteiger partial charge on any atom is 0.275 e. The van der Waals surface area contributed by atoms with Crippen LogP contribution in [0.1, 0.15) is 31.4 Å². The molecular formula is C22H22FN2O3S-. The van der Waals surface area contributed by atoms with E-state index in [1.807, 2.05) is 0 Å². The van der Waals surface area contributed by atoms with E-state index in [9.17, 15) is 17.9 Å². The number of hydrogen-bond donors (Lipinski definition) is 0. The summed E-state index contributed by atoms with van der Waals surface area (Å²) < 4.78 is 36.3. The molecule has 0 fully saturated rings. The number of hydrogen-bond acceptors (Lipinski definition) is 4. The highest BCUT2D eigenvalue weighted by molar-refractivity contribution is 7.78. The third kappa shape index (κ3) is 5.25. The van der Waals surface area contributed by atoms with Gasteiger partial charge in [-0.2, -0.15) is 9.78 Å². The zero-order valence-corrected chi connectivity index (χ0v) is 17.1. The molecule has 3 aromatic rings. The van der Waals surface area contributed by atoms with Gasteiger partial charge in [-0.05, 0) is 54.2 Å². The second-order valence-corrected chi connectivity index (χ2v) is 8.20. The van der Waals surface area contributed by atoms with Crippen molar-refractivity contribution < 1.29 is 13.2 Å². The molecule has 0 spiro atoms. The van der Waals surface area contributed by atoms with Crippen molar-refractivity contribution in [2.75, 3.05) is 0 Å². The molecule has 1 aromatic heterocycles. The van der Waals surface area contributed by atoms with Gasteiger partial charge >= 0.3 is 0 Å². The van der Waals surface area contributed by atoms with E-state index in [1.54, 1.807) is 30.5 Å². The third-order valence-corrected chi connectivity index (χ3v) is 5.24. The lowest BCUT2D eigenvalue weighted by Crippen LogP contribution is -2.26. The van der Waals surface area contributed by atoms with Crippen LogP contribution in [0.15, 0.2) is 59.5 Å². The van der Waals surface area contributed by atoms with Crippen molar-refractivity contribution >= 4 is 11.1 Å². The van der Waals surface area contributed by atoms with E-state index in [1.165, 1.54) is 28.9 Å². The van der Waals surface area contributed by atoms with Crippen LogP contribution in [-0.4, -0.2) is 18.5 Å². The molecule has 152 valence electrons. The fraction of sp³-hybridized carbons (Fsp3) is 0.273. The van der Waals surface area contributed by atoms with Crippen molar-refractivity contribution in [2.45, 2.75) is 32.4 Å². The largest absolute Gasteiger partial charge is 0.772 e. The van der Waals surface area contributed by atoms with Gasteiger partial charge in [0.25, 0.3) is 5.56 Å². The minimum absolute atomic E-state index is 0.0507. The molecule has 1 heterocycles. The van der Waals surface area contributed by atoms with Gasteiger partial charge in [0.1, 0.15) is 5.82 Å². The average Bonchev–Trinajstić information content (AvgIpc) is 2.68. The van der Waals surface area contributed by atoms with E-state index in [0.29, 0.717) is 29.2 Å². The van der Waals surface area contributed by atoms with Gasteiger partial charge in [-0.25, -0.2) is 4.39 Å². The molecule has 0 aliphatic rings. The summed E-state index contributed by atoms with van der Waals surface area (Å²) in [5.41, 5.74) is 3.11. The molecule has 0 aliphatic heterocycles. The van der Waals surface area contributed by atoms with Crippen LogP contribution < -0.4 is 5.56 Å². The lowest BCUT2D eigenvalue weighted by Gasteiger charge is -2.14. The van der Waals surface area contributed by atoms with Crippen molar-refractivity contribution in [3.05, 3.63) is 82.0 Å². The van der Waals surface area contributed by atoms with Gasteiger partial charge in [0, 0.05) is 16.9 Å². The Hall–Kier alpha value is -2.64. The van der Waals surface area contributed by atoms with Crippen LogP contribution in [0.25, 0.3) is 16.8 Å². The van der Waals surface area contributed by atoms with Gasteiger partial charge in [0.05, 0.1) is 11.9 Å². The Morgan fingerprint density at radius 1 is 1.10 bits per heavy atom. The minimum atomic E-state index is -2.15. The van der Waals surface area contributed by atoms with Gasteiger partial charge in [0.2, 0.25) is 0 Å². The summed E-state index contributed by atoms with van der Waals surface area (Å²) in [7, 11) is 0. The number of halogens is 1. The summed E-state index contributed by atoms with van der Waals surface area (Å²) in [6, 6.07) is 12.7. The van der Waals surface area contributed by atoms with Crippen LogP contribution in [0.5, 0.6) is 0 Å². The first-order valence-corrected chi connectivity index (χ1v) is 10.6. The zero-order chi connectivity index (χ0) is 21.0. The molecule has 0 bridgehead atoms. The van der Waals surface area contributed by atoms with Gasteiger partial charge < -0.3 is 4.55 Å². The topological polar surface area (TPSA) is 75.0 Å². The number of benzene rings is 2. The van der Waals surface area contributed by atoms with E-state index >= 15 is 0 Å². The summed E-state index contributed by atoms with van der Waals surface area (Å²) in [6.07, 6.45) is 3.06. The average molecular weight is 413 g/mol. The highest BCUT2D eigenvalue weighted by Gasteiger charge is 2.15. The molecule has 29 heavy (non-hydrogen) atoms. The monoisotopic (exact) mass is 413 g/mol. The molecule has 7 heteroatoms. The van der Waals surface area contributed by atoms with Crippen molar-refractivity contribution in [2.24, 2.45) is 5.92 Å². The first kappa shape index (κ1) is 21.1. The molecule has 0 N–H and O–H groups in total. The van der Waals surface area contributed by atoms with Crippen LogP contribution in [0, 0.1) is 11.7 Å². The lowest BCUT2D eigenvalue weighted by atomic mass is 9.96. The van der Waals surface area contributed by atoms with Gasteiger partial charge in [-0.15, -0.1) is 0 Å². The molecule has 0 saturated carbocycles. The van der Waals surface area contributed by atoms with Gasteiger partial charge in [-0.3, -0.25) is 9.00 Å². The molecular weight excluding hydrogens is 391 g/mol. The first-order chi connectivity index (χ1) is 13.8. The molecule has 2 aromatic carbocycles. The molecule has 0 aliphatic carbocycles. The quantitative estimate of drug-likeness (QED) is 0.549. The Balaban J connectivity index is 2.06. The normalized spacial score (nSPS) is 12.3.